The normalized spacial score (nSPS) is 10.1. The summed E-state index contributed by atoms with van der Waals surface area (Å²) >= 11 is 9.23. The Labute approximate surface area is 139 Å². The molecular formula is C15H20BrClN4. The molecule has 2 aromatic rings. The van der Waals surface area contributed by atoms with E-state index >= 15 is 0 Å². The molecule has 0 radical (unpaired) electrons. The van der Waals surface area contributed by atoms with Gasteiger partial charge in [-0.3, -0.25) is 0 Å². The van der Waals surface area contributed by atoms with E-state index in [4.69, 9.17) is 11.6 Å². The van der Waals surface area contributed by atoms with Gasteiger partial charge in [-0.05, 0) is 15.9 Å². The van der Waals surface area contributed by atoms with Crippen LogP contribution in [0.25, 0.3) is 11.2 Å². The molecule has 0 fully saturated rings. The molecule has 2 aromatic heterocycles. The molecule has 0 spiro atoms. The highest BCUT2D eigenvalue weighted by Gasteiger charge is 2.11. The van der Waals surface area contributed by atoms with Gasteiger partial charge in [-0.25, -0.2) is 0 Å². The van der Waals surface area contributed by atoms with Gasteiger partial charge in [0.2, 0.25) is 0 Å². The van der Waals surface area contributed by atoms with E-state index < -0.39 is 0 Å². The molecule has 21 heavy (non-hydrogen) atoms. The lowest BCUT2D eigenvalue weighted by Crippen LogP contribution is -1.98. The van der Waals surface area contributed by atoms with E-state index in [1.54, 1.807) is 28.8 Å². The van der Waals surface area contributed by atoms with Crippen LogP contribution in [0.15, 0.2) is 41.9 Å². The van der Waals surface area contributed by atoms with Crippen LogP contribution in [0.4, 0.5) is 0 Å². The first-order chi connectivity index (χ1) is 10.2. The lowest BCUT2D eigenvalue weighted by atomic mass is 10.2. The Hall–Kier alpha value is -1.46. The highest BCUT2D eigenvalue weighted by molar-refractivity contribution is 9.10. The van der Waals surface area contributed by atoms with Crippen LogP contribution >= 0.6 is 27.5 Å². The van der Waals surface area contributed by atoms with Crippen LogP contribution in [0, 0.1) is 0 Å². The van der Waals surface area contributed by atoms with E-state index in [0.29, 0.717) is 21.1 Å². The molecule has 0 amide bonds. The number of halogens is 2. The van der Waals surface area contributed by atoms with Crippen LogP contribution in [0.3, 0.4) is 0 Å². The smallest absolute Gasteiger partial charge is 0.185 e. The summed E-state index contributed by atoms with van der Waals surface area (Å²) in [7, 11) is 0. The predicted molar refractivity (Wildman–Crippen MR) is 94.6 cm³/mol. The highest BCUT2D eigenvalue weighted by Crippen LogP contribution is 2.22. The molecule has 114 valence electrons. The van der Waals surface area contributed by atoms with Crippen molar-refractivity contribution >= 4 is 38.8 Å². The van der Waals surface area contributed by atoms with Crippen LogP contribution in [0.1, 0.15) is 33.5 Å². The second-order valence-corrected chi connectivity index (χ2v) is 4.35. The van der Waals surface area contributed by atoms with Crippen LogP contribution in [0.5, 0.6) is 0 Å². The van der Waals surface area contributed by atoms with Gasteiger partial charge in [-0.1, -0.05) is 70.7 Å². The van der Waals surface area contributed by atoms with Gasteiger partial charge in [0.15, 0.2) is 16.6 Å². The molecule has 0 aliphatic carbocycles. The molecule has 0 aliphatic heterocycles. The van der Waals surface area contributed by atoms with E-state index in [1.807, 2.05) is 27.7 Å². The van der Waals surface area contributed by atoms with Crippen molar-refractivity contribution in [1.82, 2.24) is 19.8 Å². The van der Waals surface area contributed by atoms with Crippen molar-refractivity contribution in [2.75, 3.05) is 0 Å². The summed E-state index contributed by atoms with van der Waals surface area (Å²) in [4.78, 5) is 0. The van der Waals surface area contributed by atoms with Gasteiger partial charge in [0.1, 0.15) is 0 Å². The molecule has 2 rings (SSSR count). The molecule has 6 heteroatoms. The Morgan fingerprint density at radius 3 is 2.38 bits per heavy atom. The molecular weight excluding hydrogens is 352 g/mol. The lowest BCUT2D eigenvalue weighted by molar-refractivity contribution is 0.904. The maximum absolute atomic E-state index is 5.94. The molecule has 2 heterocycles. The summed E-state index contributed by atoms with van der Waals surface area (Å²) in [6.45, 7) is 15.3. The summed E-state index contributed by atoms with van der Waals surface area (Å²) in [6.07, 6.45) is 5.09. The Kier molecular flexibility index (Phi) is 9.58. The average molecular weight is 372 g/mol. The fourth-order valence-electron chi connectivity index (χ4n) is 1.33. The summed E-state index contributed by atoms with van der Waals surface area (Å²) < 4.78 is 2.24. The van der Waals surface area contributed by atoms with E-state index in [1.165, 1.54) is 0 Å². The minimum atomic E-state index is 0.348. The number of fused-ring (bicyclic) bond motifs is 1. The highest BCUT2D eigenvalue weighted by atomic mass is 79.9. The fourth-order valence-corrected chi connectivity index (χ4v) is 1.74. The van der Waals surface area contributed by atoms with Crippen molar-refractivity contribution in [3.8, 4) is 0 Å². The average Bonchev–Trinajstić information content (AvgIpc) is 2.92. The largest absolute Gasteiger partial charge is 0.191 e. The molecule has 0 N–H and O–H groups in total. The predicted octanol–water partition coefficient (Wildman–Crippen LogP) is 5.35. The molecule has 0 unspecified atom stereocenters. The zero-order valence-electron chi connectivity index (χ0n) is 12.8. The minimum absolute atomic E-state index is 0.348. The van der Waals surface area contributed by atoms with Crippen molar-refractivity contribution in [3.05, 3.63) is 52.9 Å². The lowest BCUT2D eigenvalue weighted by Gasteiger charge is -2.00. The van der Waals surface area contributed by atoms with Gasteiger partial charge in [-0.15, -0.1) is 10.2 Å². The Morgan fingerprint density at radius 2 is 1.86 bits per heavy atom. The van der Waals surface area contributed by atoms with Crippen molar-refractivity contribution in [2.45, 2.75) is 27.7 Å². The second kappa shape index (κ2) is 10.3. The summed E-state index contributed by atoms with van der Waals surface area (Å²) in [6, 6.07) is 1.75. The monoisotopic (exact) mass is 370 g/mol. The van der Waals surface area contributed by atoms with Crippen LogP contribution in [-0.4, -0.2) is 19.8 Å². The van der Waals surface area contributed by atoms with E-state index in [2.05, 4.69) is 44.4 Å². The van der Waals surface area contributed by atoms with Crippen molar-refractivity contribution in [3.63, 3.8) is 0 Å². The van der Waals surface area contributed by atoms with Gasteiger partial charge >= 0.3 is 0 Å². The Morgan fingerprint density at radius 1 is 1.24 bits per heavy atom. The second-order valence-electron chi connectivity index (χ2n) is 3.14. The number of aromatic nitrogens is 4. The number of hydrogen-bond donors (Lipinski definition) is 0. The minimum Gasteiger partial charge on any atom is -0.191 e. The van der Waals surface area contributed by atoms with Gasteiger partial charge < -0.3 is 0 Å². The first kappa shape index (κ1) is 19.5. The maximum atomic E-state index is 5.94. The molecule has 0 aromatic carbocycles. The molecule has 0 atom stereocenters. The zero-order chi connectivity index (χ0) is 16.4. The number of nitrogens with zero attached hydrogens (tertiary/aromatic N) is 4. The summed E-state index contributed by atoms with van der Waals surface area (Å²) in [5.74, 6) is 0.573. The topological polar surface area (TPSA) is 43.1 Å². The SMILES string of the molecule is C=C/C=C(\C=C)c1nnc2cc(Br)c(Cl)nn12.CC.CC. The van der Waals surface area contributed by atoms with Crippen LogP contribution in [0.2, 0.25) is 5.15 Å². The first-order valence-electron chi connectivity index (χ1n) is 6.70. The maximum Gasteiger partial charge on any atom is 0.185 e. The molecule has 4 nitrogen and oxygen atoms in total. The third kappa shape index (κ3) is 4.79. The summed E-state index contributed by atoms with van der Waals surface area (Å²) in [5.41, 5.74) is 1.38. The van der Waals surface area contributed by atoms with E-state index in [-0.39, 0.29) is 0 Å². The quantitative estimate of drug-likeness (QED) is 0.683. The van der Waals surface area contributed by atoms with Crippen molar-refractivity contribution in [1.29, 1.82) is 0 Å². The third-order valence-electron chi connectivity index (χ3n) is 2.08. The zero-order valence-corrected chi connectivity index (χ0v) is 15.1. The fraction of sp³-hybridized carbons (Fsp3) is 0.267. The van der Waals surface area contributed by atoms with Crippen LogP contribution < -0.4 is 0 Å². The van der Waals surface area contributed by atoms with Crippen LogP contribution in [-0.2, 0) is 0 Å². The van der Waals surface area contributed by atoms with Crippen molar-refractivity contribution in [2.24, 2.45) is 0 Å². The van der Waals surface area contributed by atoms with Gasteiger partial charge in [0.05, 0.1) is 4.47 Å². The number of rotatable bonds is 3. The van der Waals surface area contributed by atoms with E-state index in [9.17, 15) is 0 Å². The Bertz CT molecular complexity index is 632. The first-order valence-corrected chi connectivity index (χ1v) is 7.87. The number of hydrogen-bond acceptors (Lipinski definition) is 3. The van der Waals surface area contributed by atoms with E-state index in [0.717, 1.165) is 5.57 Å². The number of allylic oxidation sites excluding steroid dienone is 4. The molecule has 0 bridgehead atoms. The van der Waals surface area contributed by atoms with Gasteiger partial charge in [-0.2, -0.15) is 9.61 Å². The molecule has 0 aliphatic rings. The third-order valence-corrected chi connectivity index (χ3v) is 3.19. The van der Waals surface area contributed by atoms with Gasteiger partial charge in [0, 0.05) is 11.6 Å². The molecule has 0 saturated heterocycles. The standard InChI is InChI=1S/C11H8BrClN4.2C2H6/c1-3-5-7(4-2)11-15-14-9-6-8(12)10(13)16-17(9)11;2*1-2/h3-6H,1-2H2;2*1-2H3/b7-5+;;. The van der Waals surface area contributed by atoms with Gasteiger partial charge in [0.25, 0.3) is 0 Å². The summed E-state index contributed by atoms with van der Waals surface area (Å²) in [5, 5.41) is 12.6. The molecule has 0 saturated carbocycles. The Balaban J connectivity index is 0.000000921. The van der Waals surface area contributed by atoms with Crippen molar-refractivity contribution < 1.29 is 0 Å².